The van der Waals surface area contributed by atoms with Gasteiger partial charge < -0.3 is 5.73 Å². The Morgan fingerprint density at radius 2 is 2.22 bits per heavy atom. The van der Waals surface area contributed by atoms with Gasteiger partial charge in [-0.25, -0.2) is 4.39 Å². The zero-order chi connectivity index (χ0) is 13.3. The number of anilines is 1. The minimum absolute atomic E-state index is 0.0726. The standard InChI is InChI=1S/C12H13FN2O2S/c1-2-15-11(16)6-10(12(15)17)18-7-3-4-9(14)8(13)5-7/h3-5,10H,2,6,14H2,1H3. The number of hydrogen-bond donors (Lipinski definition) is 1. The maximum Gasteiger partial charge on any atom is 0.243 e. The van der Waals surface area contributed by atoms with Crippen molar-refractivity contribution in [1.82, 2.24) is 4.90 Å². The number of carbonyl (C=O) groups excluding carboxylic acids is 2. The monoisotopic (exact) mass is 268 g/mol. The van der Waals surface area contributed by atoms with Crippen molar-refractivity contribution in [2.45, 2.75) is 23.5 Å². The molecule has 2 amide bonds. The van der Waals surface area contributed by atoms with Crippen LogP contribution < -0.4 is 5.73 Å². The fraction of sp³-hybridized carbons (Fsp3) is 0.333. The Morgan fingerprint density at radius 1 is 1.50 bits per heavy atom. The summed E-state index contributed by atoms with van der Waals surface area (Å²) < 4.78 is 13.3. The lowest BCUT2D eigenvalue weighted by Gasteiger charge is -2.11. The van der Waals surface area contributed by atoms with Gasteiger partial charge in [-0.3, -0.25) is 14.5 Å². The van der Waals surface area contributed by atoms with E-state index in [1.54, 1.807) is 13.0 Å². The van der Waals surface area contributed by atoms with Crippen molar-refractivity contribution in [1.29, 1.82) is 0 Å². The van der Waals surface area contributed by atoms with Crippen molar-refractivity contribution in [3.8, 4) is 0 Å². The number of amides is 2. The van der Waals surface area contributed by atoms with Crippen LogP contribution in [0.4, 0.5) is 10.1 Å². The molecule has 6 heteroatoms. The van der Waals surface area contributed by atoms with Crippen LogP contribution in [-0.4, -0.2) is 28.5 Å². The third-order valence-electron chi connectivity index (χ3n) is 2.77. The molecule has 18 heavy (non-hydrogen) atoms. The molecule has 0 aliphatic carbocycles. The Morgan fingerprint density at radius 3 is 2.78 bits per heavy atom. The molecule has 1 saturated heterocycles. The van der Waals surface area contributed by atoms with Gasteiger partial charge in [0.1, 0.15) is 5.82 Å². The van der Waals surface area contributed by atoms with E-state index in [0.717, 1.165) is 0 Å². The number of carbonyl (C=O) groups is 2. The summed E-state index contributed by atoms with van der Waals surface area (Å²) in [5, 5.41) is -0.458. The van der Waals surface area contributed by atoms with E-state index < -0.39 is 11.1 Å². The topological polar surface area (TPSA) is 63.4 Å². The van der Waals surface area contributed by atoms with Crippen LogP contribution in [0.5, 0.6) is 0 Å². The van der Waals surface area contributed by atoms with Crippen LogP contribution in [0.25, 0.3) is 0 Å². The van der Waals surface area contributed by atoms with Crippen LogP contribution >= 0.6 is 11.8 Å². The summed E-state index contributed by atoms with van der Waals surface area (Å²) in [5.74, 6) is -0.884. The molecule has 0 radical (unpaired) electrons. The molecule has 1 aromatic carbocycles. The number of benzene rings is 1. The Labute approximate surface area is 108 Å². The molecule has 1 aliphatic heterocycles. The minimum atomic E-state index is -0.510. The van der Waals surface area contributed by atoms with Gasteiger partial charge in [0.15, 0.2) is 0 Å². The fourth-order valence-corrected chi connectivity index (χ4v) is 2.92. The summed E-state index contributed by atoms with van der Waals surface area (Å²) in [7, 11) is 0. The highest BCUT2D eigenvalue weighted by Gasteiger charge is 2.38. The molecule has 1 atom stereocenters. The van der Waals surface area contributed by atoms with Gasteiger partial charge in [-0.2, -0.15) is 0 Å². The molecular weight excluding hydrogens is 255 g/mol. The molecule has 2 N–H and O–H groups in total. The Bertz CT molecular complexity index is 507. The number of imide groups is 1. The highest BCUT2D eigenvalue weighted by Crippen LogP contribution is 2.32. The first-order valence-corrected chi connectivity index (χ1v) is 6.46. The smallest absolute Gasteiger partial charge is 0.243 e. The molecule has 1 aliphatic rings. The lowest BCUT2D eigenvalue weighted by molar-refractivity contribution is -0.137. The van der Waals surface area contributed by atoms with Gasteiger partial charge in [-0.05, 0) is 25.1 Å². The van der Waals surface area contributed by atoms with Crippen molar-refractivity contribution < 1.29 is 14.0 Å². The molecule has 0 bridgehead atoms. The number of thioether (sulfide) groups is 1. The lowest BCUT2D eigenvalue weighted by atomic mass is 10.3. The van der Waals surface area contributed by atoms with E-state index in [4.69, 9.17) is 5.73 Å². The molecule has 0 saturated carbocycles. The predicted octanol–water partition coefficient (Wildman–Crippen LogP) is 1.65. The summed E-state index contributed by atoms with van der Waals surface area (Å²) in [6.45, 7) is 2.14. The van der Waals surface area contributed by atoms with E-state index in [0.29, 0.717) is 11.4 Å². The van der Waals surface area contributed by atoms with E-state index in [1.807, 2.05) is 0 Å². The second-order valence-corrected chi connectivity index (χ2v) is 5.25. The molecule has 0 spiro atoms. The number of nitrogen functional groups attached to an aromatic ring is 1. The van der Waals surface area contributed by atoms with Crippen molar-refractivity contribution >= 4 is 29.3 Å². The highest BCUT2D eigenvalue weighted by atomic mass is 32.2. The second kappa shape index (κ2) is 4.97. The fourth-order valence-electron chi connectivity index (χ4n) is 1.82. The summed E-state index contributed by atoms with van der Waals surface area (Å²) in [4.78, 5) is 25.2. The van der Waals surface area contributed by atoms with Crippen LogP contribution in [0.1, 0.15) is 13.3 Å². The van der Waals surface area contributed by atoms with E-state index in [1.165, 1.54) is 28.8 Å². The van der Waals surface area contributed by atoms with E-state index in [2.05, 4.69) is 0 Å². The number of nitrogens with zero attached hydrogens (tertiary/aromatic N) is 1. The first-order chi connectivity index (χ1) is 8.52. The van der Waals surface area contributed by atoms with Crippen molar-refractivity contribution in [2.24, 2.45) is 0 Å². The van der Waals surface area contributed by atoms with Crippen molar-refractivity contribution in [3.63, 3.8) is 0 Å². The third-order valence-corrected chi connectivity index (χ3v) is 3.95. The number of likely N-dealkylation sites (tertiary alicyclic amines) is 1. The SMILES string of the molecule is CCN1C(=O)CC(Sc2ccc(N)c(F)c2)C1=O. The lowest BCUT2D eigenvalue weighted by Crippen LogP contribution is -2.30. The van der Waals surface area contributed by atoms with Gasteiger partial charge in [-0.1, -0.05) is 0 Å². The van der Waals surface area contributed by atoms with Crippen LogP contribution in [-0.2, 0) is 9.59 Å². The summed E-state index contributed by atoms with van der Waals surface area (Å²) in [5.41, 5.74) is 5.45. The number of halogens is 1. The Hall–Kier alpha value is -1.56. The number of hydrogen-bond acceptors (Lipinski definition) is 4. The Kier molecular flexibility index (Phi) is 3.56. The normalized spacial score (nSPS) is 19.7. The molecule has 1 fully saturated rings. The van der Waals surface area contributed by atoms with Gasteiger partial charge in [0, 0.05) is 17.9 Å². The van der Waals surface area contributed by atoms with Gasteiger partial charge in [0.05, 0.1) is 10.9 Å². The van der Waals surface area contributed by atoms with Crippen LogP contribution in [0.15, 0.2) is 23.1 Å². The van der Waals surface area contributed by atoms with Crippen molar-refractivity contribution in [3.05, 3.63) is 24.0 Å². The zero-order valence-electron chi connectivity index (χ0n) is 9.85. The maximum atomic E-state index is 13.3. The molecular formula is C12H13FN2O2S. The molecule has 1 heterocycles. The first-order valence-electron chi connectivity index (χ1n) is 5.58. The molecule has 96 valence electrons. The van der Waals surface area contributed by atoms with Gasteiger partial charge in [0.2, 0.25) is 11.8 Å². The minimum Gasteiger partial charge on any atom is -0.396 e. The van der Waals surface area contributed by atoms with E-state index in [-0.39, 0.29) is 23.9 Å². The van der Waals surface area contributed by atoms with Gasteiger partial charge >= 0.3 is 0 Å². The molecule has 2 rings (SSSR count). The second-order valence-electron chi connectivity index (χ2n) is 3.97. The third kappa shape index (κ3) is 2.33. The van der Waals surface area contributed by atoms with Crippen LogP contribution in [0.3, 0.4) is 0 Å². The number of rotatable bonds is 3. The summed E-state index contributed by atoms with van der Waals surface area (Å²) in [6.07, 6.45) is 0.170. The summed E-state index contributed by atoms with van der Waals surface area (Å²) >= 11 is 1.20. The average Bonchev–Trinajstić information content (AvgIpc) is 2.59. The highest BCUT2D eigenvalue weighted by molar-refractivity contribution is 8.00. The van der Waals surface area contributed by atoms with E-state index >= 15 is 0 Å². The molecule has 1 unspecified atom stereocenters. The van der Waals surface area contributed by atoms with Gasteiger partial charge in [0.25, 0.3) is 0 Å². The Balaban J connectivity index is 2.13. The average molecular weight is 268 g/mol. The maximum absolute atomic E-state index is 13.3. The van der Waals surface area contributed by atoms with Gasteiger partial charge in [-0.15, -0.1) is 11.8 Å². The quantitative estimate of drug-likeness (QED) is 0.668. The first kappa shape index (κ1) is 12.9. The summed E-state index contributed by atoms with van der Waals surface area (Å²) in [6, 6.07) is 4.39. The number of nitrogens with two attached hydrogens (primary N) is 1. The largest absolute Gasteiger partial charge is 0.396 e. The van der Waals surface area contributed by atoms with Crippen LogP contribution in [0.2, 0.25) is 0 Å². The molecule has 1 aromatic rings. The van der Waals surface area contributed by atoms with Crippen LogP contribution in [0, 0.1) is 5.82 Å². The molecule has 0 aromatic heterocycles. The molecule has 4 nitrogen and oxygen atoms in total. The predicted molar refractivity (Wildman–Crippen MR) is 67.5 cm³/mol. The zero-order valence-corrected chi connectivity index (χ0v) is 10.7. The van der Waals surface area contributed by atoms with E-state index in [9.17, 15) is 14.0 Å². The van der Waals surface area contributed by atoms with Crippen molar-refractivity contribution in [2.75, 3.05) is 12.3 Å².